The van der Waals surface area contributed by atoms with Crippen LogP contribution in [0.5, 0.6) is 0 Å². The van der Waals surface area contributed by atoms with E-state index in [4.69, 9.17) is 16.0 Å². The molecule has 4 nitrogen and oxygen atoms in total. The number of aromatic nitrogens is 1. The van der Waals surface area contributed by atoms with Crippen molar-refractivity contribution in [1.82, 2.24) is 4.98 Å². The summed E-state index contributed by atoms with van der Waals surface area (Å²) in [6.45, 7) is 7.56. The number of carbonyl (C=O) groups excluding carboxylic acids is 1. The van der Waals surface area contributed by atoms with E-state index in [1.165, 1.54) is 0 Å². The first-order valence-corrected chi connectivity index (χ1v) is 8.10. The van der Waals surface area contributed by atoms with Crippen molar-refractivity contribution < 1.29 is 9.21 Å². The molecule has 2 aromatic carbocycles. The highest BCUT2D eigenvalue weighted by atomic mass is 35.5. The molecule has 0 aliphatic rings. The predicted molar refractivity (Wildman–Crippen MR) is 97.3 cm³/mol. The van der Waals surface area contributed by atoms with Crippen LogP contribution < -0.4 is 5.32 Å². The second kappa shape index (κ2) is 5.95. The molecule has 0 saturated carbocycles. The molecule has 3 aromatic rings. The molecule has 0 atom stereocenters. The number of anilines is 1. The summed E-state index contributed by atoms with van der Waals surface area (Å²) in [4.78, 5) is 16.6. The van der Waals surface area contributed by atoms with Crippen LogP contribution in [0, 0.1) is 12.3 Å². The molecular weight excluding hydrogens is 324 g/mol. The average Bonchev–Trinajstić information content (AvgIpc) is 2.92. The van der Waals surface area contributed by atoms with Crippen molar-refractivity contribution in [2.75, 3.05) is 5.32 Å². The van der Waals surface area contributed by atoms with Crippen LogP contribution in [0.4, 0.5) is 5.69 Å². The van der Waals surface area contributed by atoms with Gasteiger partial charge >= 0.3 is 0 Å². The molecule has 0 bridgehead atoms. The molecule has 1 heterocycles. The number of benzene rings is 2. The molecule has 0 spiro atoms. The van der Waals surface area contributed by atoms with Crippen molar-refractivity contribution in [1.29, 1.82) is 0 Å². The smallest absolute Gasteiger partial charge is 0.229 e. The van der Waals surface area contributed by atoms with Gasteiger partial charge in [0.2, 0.25) is 11.8 Å². The number of nitrogens with one attached hydrogen (secondary N) is 1. The lowest BCUT2D eigenvalue weighted by Crippen LogP contribution is -2.27. The number of amides is 1. The Balaban J connectivity index is 1.94. The number of oxazole rings is 1. The second-order valence-corrected chi connectivity index (χ2v) is 7.28. The topological polar surface area (TPSA) is 55.1 Å². The van der Waals surface area contributed by atoms with Gasteiger partial charge in [0.15, 0.2) is 5.58 Å². The van der Waals surface area contributed by atoms with E-state index in [0.29, 0.717) is 27.7 Å². The highest BCUT2D eigenvalue weighted by molar-refractivity contribution is 6.31. The molecule has 0 fully saturated rings. The summed E-state index contributed by atoms with van der Waals surface area (Å²) in [5.41, 5.74) is 3.42. The first-order valence-electron chi connectivity index (χ1n) is 7.72. The van der Waals surface area contributed by atoms with Gasteiger partial charge in [0, 0.05) is 21.7 Å². The molecule has 0 aliphatic heterocycles. The zero-order valence-electron chi connectivity index (χ0n) is 14.1. The highest BCUT2D eigenvalue weighted by Crippen LogP contribution is 2.29. The SMILES string of the molecule is Cc1ccc(-c2nc3cc(NC(=O)C(C)(C)C)ccc3o2)cc1Cl. The Morgan fingerprint density at radius 2 is 1.92 bits per heavy atom. The molecule has 3 rings (SSSR count). The molecule has 0 radical (unpaired) electrons. The van der Waals surface area contributed by atoms with Gasteiger partial charge in [0.05, 0.1) is 0 Å². The maximum absolute atomic E-state index is 12.1. The van der Waals surface area contributed by atoms with Crippen LogP contribution >= 0.6 is 11.6 Å². The van der Waals surface area contributed by atoms with Crippen LogP contribution in [0.1, 0.15) is 26.3 Å². The van der Waals surface area contributed by atoms with Crippen LogP contribution in [0.15, 0.2) is 40.8 Å². The van der Waals surface area contributed by atoms with E-state index in [2.05, 4.69) is 10.3 Å². The summed E-state index contributed by atoms with van der Waals surface area (Å²) in [7, 11) is 0. The Kier molecular flexibility index (Phi) is 4.10. The standard InChI is InChI=1S/C19H19ClN2O2/c1-11-5-6-12(9-14(11)20)17-22-15-10-13(7-8-16(15)24-17)21-18(23)19(2,3)4/h5-10H,1-4H3,(H,21,23). The van der Waals surface area contributed by atoms with Crippen molar-refractivity contribution in [2.45, 2.75) is 27.7 Å². The van der Waals surface area contributed by atoms with Crippen molar-refractivity contribution in [3.05, 3.63) is 47.0 Å². The molecule has 0 saturated heterocycles. The number of fused-ring (bicyclic) bond motifs is 1. The Hall–Kier alpha value is -2.33. The van der Waals surface area contributed by atoms with Gasteiger partial charge < -0.3 is 9.73 Å². The van der Waals surface area contributed by atoms with E-state index >= 15 is 0 Å². The predicted octanol–water partition coefficient (Wildman–Crippen LogP) is 5.44. The fourth-order valence-electron chi connectivity index (χ4n) is 2.17. The van der Waals surface area contributed by atoms with E-state index in [0.717, 1.165) is 11.1 Å². The van der Waals surface area contributed by atoms with Gasteiger partial charge in [0.1, 0.15) is 5.52 Å². The van der Waals surface area contributed by atoms with Crippen molar-refractivity contribution in [3.63, 3.8) is 0 Å². The molecule has 0 aliphatic carbocycles. The average molecular weight is 343 g/mol. The minimum absolute atomic E-state index is 0.0455. The summed E-state index contributed by atoms with van der Waals surface area (Å²) in [6.07, 6.45) is 0. The monoisotopic (exact) mass is 342 g/mol. The summed E-state index contributed by atoms with van der Waals surface area (Å²) < 4.78 is 5.79. The van der Waals surface area contributed by atoms with Gasteiger partial charge in [-0.3, -0.25) is 4.79 Å². The Bertz CT molecular complexity index is 923. The number of rotatable bonds is 2. The zero-order valence-corrected chi connectivity index (χ0v) is 14.9. The lowest BCUT2D eigenvalue weighted by Gasteiger charge is -2.17. The van der Waals surface area contributed by atoms with E-state index in [-0.39, 0.29) is 5.91 Å². The fourth-order valence-corrected chi connectivity index (χ4v) is 2.35. The maximum atomic E-state index is 12.1. The van der Waals surface area contributed by atoms with E-state index in [1.54, 1.807) is 6.07 Å². The number of carbonyl (C=O) groups is 1. The largest absolute Gasteiger partial charge is 0.436 e. The molecule has 124 valence electrons. The second-order valence-electron chi connectivity index (χ2n) is 6.87. The van der Waals surface area contributed by atoms with Crippen LogP contribution in [0.25, 0.3) is 22.6 Å². The number of hydrogen-bond donors (Lipinski definition) is 1. The van der Waals surface area contributed by atoms with Gasteiger partial charge in [-0.05, 0) is 42.8 Å². The Morgan fingerprint density at radius 1 is 1.17 bits per heavy atom. The van der Waals surface area contributed by atoms with Crippen molar-refractivity contribution in [2.24, 2.45) is 5.41 Å². The number of aryl methyl sites for hydroxylation is 1. The van der Waals surface area contributed by atoms with Crippen LogP contribution in [0.2, 0.25) is 5.02 Å². The third kappa shape index (κ3) is 3.29. The lowest BCUT2D eigenvalue weighted by atomic mass is 9.95. The molecule has 0 unspecified atom stereocenters. The number of halogens is 1. The number of hydrogen-bond acceptors (Lipinski definition) is 3. The van der Waals surface area contributed by atoms with Crippen molar-refractivity contribution >= 4 is 34.3 Å². The van der Waals surface area contributed by atoms with Gasteiger partial charge in [-0.1, -0.05) is 38.4 Å². The van der Waals surface area contributed by atoms with E-state index in [1.807, 2.05) is 58.0 Å². The summed E-state index contributed by atoms with van der Waals surface area (Å²) in [6, 6.07) is 11.1. The summed E-state index contributed by atoms with van der Waals surface area (Å²) in [5, 5.41) is 3.57. The molecule has 1 aromatic heterocycles. The Morgan fingerprint density at radius 3 is 2.58 bits per heavy atom. The van der Waals surface area contributed by atoms with Gasteiger partial charge in [-0.25, -0.2) is 4.98 Å². The zero-order chi connectivity index (χ0) is 17.5. The quantitative estimate of drug-likeness (QED) is 0.674. The van der Waals surface area contributed by atoms with Crippen LogP contribution in [-0.2, 0) is 4.79 Å². The first-order chi connectivity index (χ1) is 11.2. The normalized spacial score (nSPS) is 11.7. The first kappa shape index (κ1) is 16.5. The minimum atomic E-state index is -0.456. The molecule has 5 heteroatoms. The van der Waals surface area contributed by atoms with E-state index in [9.17, 15) is 4.79 Å². The van der Waals surface area contributed by atoms with E-state index < -0.39 is 5.41 Å². The van der Waals surface area contributed by atoms with Gasteiger partial charge in [-0.15, -0.1) is 0 Å². The molecule has 1 amide bonds. The molecule has 1 N–H and O–H groups in total. The lowest BCUT2D eigenvalue weighted by molar-refractivity contribution is -0.123. The van der Waals surface area contributed by atoms with Gasteiger partial charge in [0.25, 0.3) is 0 Å². The summed E-state index contributed by atoms with van der Waals surface area (Å²) >= 11 is 6.17. The Labute approximate surface area is 145 Å². The summed E-state index contributed by atoms with van der Waals surface area (Å²) in [5.74, 6) is 0.460. The highest BCUT2D eigenvalue weighted by Gasteiger charge is 2.21. The van der Waals surface area contributed by atoms with Crippen LogP contribution in [0.3, 0.4) is 0 Å². The minimum Gasteiger partial charge on any atom is -0.436 e. The number of nitrogens with zero attached hydrogens (tertiary/aromatic N) is 1. The van der Waals surface area contributed by atoms with Crippen molar-refractivity contribution in [3.8, 4) is 11.5 Å². The third-order valence-corrected chi connectivity index (χ3v) is 4.15. The van der Waals surface area contributed by atoms with Gasteiger partial charge in [-0.2, -0.15) is 0 Å². The third-order valence-electron chi connectivity index (χ3n) is 3.75. The van der Waals surface area contributed by atoms with Crippen LogP contribution in [-0.4, -0.2) is 10.9 Å². The molecular formula is C19H19ClN2O2. The fraction of sp³-hybridized carbons (Fsp3) is 0.263. The maximum Gasteiger partial charge on any atom is 0.229 e. The molecule has 24 heavy (non-hydrogen) atoms.